The molecular weight excluding hydrogens is 160 g/mol. The lowest BCUT2D eigenvalue weighted by atomic mass is 9.93. The minimum Gasteiger partial charge on any atom is -0.399 e. The van der Waals surface area contributed by atoms with E-state index in [9.17, 15) is 0 Å². The van der Waals surface area contributed by atoms with Gasteiger partial charge in [-0.1, -0.05) is 0 Å². The second-order valence-electron chi connectivity index (χ2n) is 3.84. The van der Waals surface area contributed by atoms with E-state index in [1.165, 1.54) is 24.9 Å². The number of nitrogens with one attached hydrogen (secondary N) is 1. The molecule has 70 valence electrons. The van der Waals surface area contributed by atoms with Gasteiger partial charge >= 0.3 is 0 Å². The number of rotatable bonds is 2. The summed E-state index contributed by atoms with van der Waals surface area (Å²) in [5.74, 6) is 0. The third kappa shape index (κ3) is 1.77. The average Bonchev–Trinajstić information content (AvgIpc) is 2.04. The van der Waals surface area contributed by atoms with Crippen molar-refractivity contribution < 1.29 is 0 Å². The molecule has 0 atom stereocenters. The van der Waals surface area contributed by atoms with Crippen LogP contribution >= 0.6 is 0 Å². The Balaban J connectivity index is 2.07. The first kappa shape index (κ1) is 8.42. The molecule has 0 radical (unpaired) electrons. The fraction of sp³-hybridized carbons (Fsp3) is 0.455. The van der Waals surface area contributed by atoms with Gasteiger partial charge in [0.15, 0.2) is 0 Å². The molecule has 1 aliphatic carbocycles. The van der Waals surface area contributed by atoms with Crippen LogP contribution in [0.25, 0.3) is 0 Å². The van der Waals surface area contributed by atoms with E-state index in [2.05, 4.69) is 17.4 Å². The smallest absolute Gasteiger partial charge is 0.0346 e. The number of hydrogen-bond acceptors (Lipinski definition) is 2. The maximum absolute atomic E-state index is 5.74. The number of nitrogens with two attached hydrogens (primary N) is 1. The molecule has 0 spiro atoms. The average molecular weight is 176 g/mol. The predicted molar refractivity (Wildman–Crippen MR) is 56.9 cm³/mol. The quantitative estimate of drug-likeness (QED) is 0.679. The number of aryl methyl sites for hydroxylation is 1. The first-order chi connectivity index (χ1) is 6.25. The summed E-state index contributed by atoms with van der Waals surface area (Å²) in [6, 6.07) is 6.84. The molecule has 2 rings (SSSR count). The molecule has 0 aliphatic heterocycles. The topological polar surface area (TPSA) is 38.0 Å². The van der Waals surface area contributed by atoms with Gasteiger partial charge in [-0.05, 0) is 49.9 Å². The second-order valence-corrected chi connectivity index (χ2v) is 3.84. The highest BCUT2D eigenvalue weighted by atomic mass is 14.9. The normalized spacial score (nSPS) is 16.7. The van der Waals surface area contributed by atoms with Crippen molar-refractivity contribution in [3.05, 3.63) is 23.8 Å². The Labute approximate surface area is 79.1 Å². The van der Waals surface area contributed by atoms with E-state index in [0.717, 1.165) is 11.3 Å². The van der Waals surface area contributed by atoms with Crippen molar-refractivity contribution >= 4 is 11.4 Å². The molecule has 3 N–H and O–H groups in total. The number of benzene rings is 1. The molecule has 1 aromatic carbocycles. The summed E-state index contributed by atoms with van der Waals surface area (Å²) < 4.78 is 0. The van der Waals surface area contributed by atoms with Gasteiger partial charge in [0.2, 0.25) is 0 Å². The molecule has 0 unspecified atom stereocenters. The lowest BCUT2D eigenvalue weighted by Gasteiger charge is -2.27. The highest BCUT2D eigenvalue weighted by Crippen LogP contribution is 2.24. The Morgan fingerprint density at radius 1 is 1.38 bits per heavy atom. The van der Waals surface area contributed by atoms with Crippen LogP contribution in [0.2, 0.25) is 0 Å². The summed E-state index contributed by atoms with van der Waals surface area (Å²) in [6.45, 7) is 2.04. The maximum Gasteiger partial charge on any atom is 0.0346 e. The Hall–Kier alpha value is -1.18. The molecule has 1 aromatic rings. The van der Waals surface area contributed by atoms with Crippen LogP contribution in [0.3, 0.4) is 0 Å². The van der Waals surface area contributed by atoms with Crippen LogP contribution in [0.4, 0.5) is 11.4 Å². The fourth-order valence-electron chi connectivity index (χ4n) is 1.55. The predicted octanol–water partition coefficient (Wildman–Crippen LogP) is 2.54. The lowest BCUT2D eigenvalue weighted by molar-refractivity contribution is 0.445. The molecule has 1 fully saturated rings. The van der Waals surface area contributed by atoms with Crippen LogP contribution in [0.1, 0.15) is 24.8 Å². The largest absolute Gasteiger partial charge is 0.399 e. The zero-order valence-electron chi connectivity index (χ0n) is 8.01. The van der Waals surface area contributed by atoms with Gasteiger partial charge in [0.1, 0.15) is 0 Å². The highest BCUT2D eigenvalue weighted by Gasteiger charge is 2.16. The highest BCUT2D eigenvalue weighted by molar-refractivity contribution is 5.57. The van der Waals surface area contributed by atoms with Crippen molar-refractivity contribution in [3.8, 4) is 0 Å². The third-order valence-electron chi connectivity index (χ3n) is 2.75. The molecule has 0 heterocycles. The molecule has 0 amide bonds. The summed E-state index contributed by atoms with van der Waals surface area (Å²) in [4.78, 5) is 0. The first-order valence-electron chi connectivity index (χ1n) is 4.88. The van der Waals surface area contributed by atoms with E-state index in [1.807, 2.05) is 13.0 Å². The Morgan fingerprint density at radius 2 is 2.15 bits per heavy atom. The van der Waals surface area contributed by atoms with Crippen LogP contribution in [0.15, 0.2) is 18.2 Å². The van der Waals surface area contributed by atoms with Gasteiger partial charge in [-0.25, -0.2) is 0 Å². The maximum atomic E-state index is 5.74. The van der Waals surface area contributed by atoms with Crippen LogP contribution in [0, 0.1) is 6.92 Å². The van der Waals surface area contributed by atoms with Gasteiger partial charge < -0.3 is 11.1 Å². The number of hydrogen-bond donors (Lipinski definition) is 2. The van der Waals surface area contributed by atoms with Crippen molar-refractivity contribution in [2.24, 2.45) is 0 Å². The molecule has 2 nitrogen and oxygen atoms in total. The minimum atomic E-state index is 0.697. The van der Waals surface area contributed by atoms with Crippen LogP contribution in [0.5, 0.6) is 0 Å². The van der Waals surface area contributed by atoms with Crippen molar-refractivity contribution in [2.45, 2.75) is 32.2 Å². The first-order valence-corrected chi connectivity index (χ1v) is 4.88. The van der Waals surface area contributed by atoms with Crippen LogP contribution in [-0.4, -0.2) is 6.04 Å². The monoisotopic (exact) mass is 176 g/mol. The van der Waals surface area contributed by atoms with Gasteiger partial charge in [0, 0.05) is 17.4 Å². The number of nitrogen functional groups attached to an aromatic ring is 1. The summed E-state index contributed by atoms with van der Waals surface area (Å²) in [5.41, 5.74) is 8.97. The summed E-state index contributed by atoms with van der Waals surface area (Å²) in [5, 5.41) is 3.49. The van der Waals surface area contributed by atoms with Crippen molar-refractivity contribution in [2.75, 3.05) is 11.1 Å². The standard InChI is InChI=1S/C11H16N2/c1-8-7-10(5-6-11(8)12)13-9-3-2-4-9/h5-7,9,13H,2-4,12H2,1H3. The van der Waals surface area contributed by atoms with Gasteiger partial charge in [-0.2, -0.15) is 0 Å². The molecule has 1 aliphatic rings. The number of anilines is 2. The molecule has 0 saturated heterocycles. The van der Waals surface area contributed by atoms with Crippen molar-refractivity contribution in [1.82, 2.24) is 0 Å². The van der Waals surface area contributed by atoms with Gasteiger partial charge in [-0.15, -0.1) is 0 Å². The van der Waals surface area contributed by atoms with Crippen LogP contribution in [-0.2, 0) is 0 Å². The minimum absolute atomic E-state index is 0.697. The summed E-state index contributed by atoms with van der Waals surface area (Å²) >= 11 is 0. The molecule has 2 heteroatoms. The van der Waals surface area contributed by atoms with Crippen molar-refractivity contribution in [3.63, 3.8) is 0 Å². The fourth-order valence-corrected chi connectivity index (χ4v) is 1.55. The Morgan fingerprint density at radius 3 is 2.69 bits per heavy atom. The molecular formula is C11H16N2. The molecule has 1 saturated carbocycles. The van der Waals surface area contributed by atoms with E-state index in [0.29, 0.717) is 6.04 Å². The van der Waals surface area contributed by atoms with Gasteiger partial charge in [0.05, 0.1) is 0 Å². The lowest BCUT2D eigenvalue weighted by Crippen LogP contribution is -2.26. The van der Waals surface area contributed by atoms with E-state index < -0.39 is 0 Å². The van der Waals surface area contributed by atoms with E-state index in [4.69, 9.17) is 5.73 Å². The zero-order chi connectivity index (χ0) is 9.26. The van der Waals surface area contributed by atoms with Gasteiger partial charge in [0.25, 0.3) is 0 Å². The van der Waals surface area contributed by atoms with E-state index in [-0.39, 0.29) is 0 Å². The molecule has 0 bridgehead atoms. The van der Waals surface area contributed by atoms with E-state index >= 15 is 0 Å². The van der Waals surface area contributed by atoms with E-state index in [1.54, 1.807) is 0 Å². The van der Waals surface area contributed by atoms with Gasteiger partial charge in [-0.3, -0.25) is 0 Å². The Bertz CT molecular complexity index is 303. The van der Waals surface area contributed by atoms with Crippen LogP contribution < -0.4 is 11.1 Å². The summed E-state index contributed by atoms with van der Waals surface area (Å²) in [7, 11) is 0. The molecule has 0 aromatic heterocycles. The Kier molecular flexibility index (Phi) is 2.13. The molecule has 13 heavy (non-hydrogen) atoms. The third-order valence-corrected chi connectivity index (χ3v) is 2.75. The van der Waals surface area contributed by atoms with Crippen molar-refractivity contribution in [1.29, 1.82) is 0 Å². The SMILES string of the molecule is Cc1cc(NC2CCC2)ccc1N. The zero-order valence-corrected chi connectivity index (χ0v) is 8.01. The second kappa shape index (κ2) is 3.29. The summed E-state index contributed by atoms with van der Waals surface area (Å²) in [6.07, 6.45) is 3.98.